The average Bonchev–Trinajstić information content (AvgIpc) is 2.72. The zero-order valence-corrected chi connectivity index (χ0v) is 15.5. The summed E-state index contributed by atoms with van der Waals surface area (Å²) in [6.07, 6.45) is 3.24. The van der Waals surface area contributed by atoms with Crippen molar-refractivity contribution in [1.29, 1.82) is 0 Å². The summed E-state index contributed by atoms with van der Waals surface area (Å²) in [5.41, 5.74) is 6.36. The van der Waals surface area contributed by atoms with Gasteiger partial charge < -0.3 is 20.1 Å². The van der Waals surface area contributed by atoms with Crippen molar-refractivity contribution in [3.63, 3.8) is 0 Å². The maximum Gasteiger partial charge on any atom is 0.248 e. The number of anilines is 1. The van der Waals surface area contributed by atoms with Crippen LogP contribution < -0.4 is 20.1 Å². The second kappa shape index (κ2) is 8.07. The van der Waals surface area contributed by atoms with Crippen molar-refractivity contribution in [2.75, 3.05) is 32.2 Å². The highest BCUT2D eigenvalue weighted by atomic mass is 16.5. The Morgan fingerprint density at radius 2 is 1.89 bits per heavy atom. The second-order valence-corrected chi connectivity index (χ2v) is 6.49. The fourth-order valence-corrected chi connectivity index (χ4v) is 3.37. The number of amides is 1. The van der Waals surface area contributed by atoms with Crippen molar-refractivity contribution in [3.8, 4) is 11.5 Å². The topological polar surface area (TPSA) is 94.8 Å². The number of carbonyl (C=O) groups is 2. The van der Waals surface area contributed by atoms with E-state index in [0.29, 0.717) is 35.0 Å². The molecule has 0 bridgehead atoms. The van der Waals surface area contributed by atoms with Gasteiger partial charge in [-0.2, -0.15) is 0 Å². The summed E-state index contributed by atoms with van der Waals surface area (Å²) in [6, 6.07) is 8.47. The number of primary amides is 1. The van der Waals surface area contributed by atoms with Gasteiger partial charge in [0.2, 0.25) is 5.91 Å². The summed E-state index contributed by atoms with van der Waals surface area (Å²) >= 11 is 0. The largest absolute Gasteiger partial charge is 0.493 e. The maximum absolute atomic E-state index is 13.0. The molecule has 7 heteroatoms. The Hall–Kier alpha value is -3.09. The Balaban J connectivity index is 1.79. The third kappa shape index (κ3) is 4.02. The molecule has 0 saturated carbocycles. The summed E-state index contributed by atoms with van der Waals surface area (Å²) in [7, 11) is 3.11. The van der Waals surface area contributed by atoms with Crippen LogP contribution in [0.25, 0.3) is 0 Å². The Morgan fingerprint density at radius 1 is 1.11 bits per heavy atom. The second-order valence-electron chi connectivity index (χ2n) is 6.49. The van der Waals surface area contributed by atoms with Gasteiger partial charge in [0.05, 0.1) is 14.2 Å². The van der Waals surface area contributed by atoms with E-state index in [2.05, 4.69) is 4.98 Å². The number of methoxy groups -OCH3 is 2. The van der Waals surface area contributed by atoms with Crippen molar-refractivity contribution in [2.24, 2.45) is 11.7 Å². The molecule has 142 valence electrons. The first-order valence-electron chi connectivity index (χ1n) is 8.80. The highest BCUT2D eigenvalue weighted by Crippen LogP contribution is 2.30. The number of nitrogens with two attached hydrogens (primary N) is 1. The van der Waals surface area contributed by atoms with Gasteiger partial charge in [-0.1, -0.05) is 0 Å². The van der Waals surface area contributed by atoms with Gasteiger partial charge in [-0.05, 0) is 43.2 Å². The number of aromatic nitrogens is 1. The van der Waals surface area contributed by atoms with E-state index in [1.54, 1.807) is 50.7 Å². The first-order chi connectivity index (χ1) is 13.0. The van der Waals surface area contributed by atoms with Crippen molar-refractivity contribution in [2.45, 2.75) is 12.8 Å². The van der Waals surface area contributed by atoms with Crippen LogP contribution >= 0.6 is 0 Å². The first kappa shape index (κ1) is 18.7. The highest BCUT2D eigenvalue weighted by Gasteiger charge is 2.28. The highest BCUT2D eigenvalue weighted by molar-refractivity contribution is 5.99. The number of piperidine rings is 1. The van der Waals surface area contributed by atoms with Gasteiger partial charge in [-0.15, -0.1) is 0 Å². The summed E-state index contributed by atoms with van der Waals surface area (Å²) < 4.78 is 10.5. The normalized spacial score (nSPS) is 16.7. The number of Topliss-reactive ketones (excluding diaryl/α,β-unsaturated/α-hetero) is 1. The van der Waals surface area contributed by atoms with E-state index in [9.17, 15) is 9.59 Å². The molecule has 0 spiro atoms. The van der Waals surface area contributed by atoms with Crippen molar-refractivity contribution >= 4 is 17.5 Å². The summed E-state index contributed by atoms with van der Waals surface area (Å²) in [4.78, 5) is 30.8. The van der Waals surface area contributed by atoms with Crippen LogP contribution in [0.3, 0.4) is 0 Å². The zero-order chi connectivity index (χ0) is 19.4. The molecule has 1 aromatic heterocycles. The zero-order valence-electron chi connectivity index (χ0n) is 15.5. The Kier molecular flexibility index (Phi) is 5.59. The predicted octanol–water partition coefficient (Wildman–Crippen LogP) is 2.30. The van der Waals surface area contributed by atoms with Crippen molar-refractivity contribution in [3.05, 3.63) is 47.7 Å². The lowest BCUT2D eigenvalue weighted by Crippen LogP contribution is -2.39. The SMILES string of the molecule is COc1ccc(C(=O)C2CCCN(c3cc(C(N)=O)ccn3)C2)cc1OC. The monoisotopic (exact) mass is 369 g/mol. The molecule has 1 saturated heterocycles. The van der Waals surface area contributed by atoms with Crippen LogP contribution in [-0.2, 0) is 0 Å². The minimum atomic E-state index is -0.492. The molecule has 3 rings (SSSR count). The molecule has 2 aromatic rings. The minimum absolute atomic E-state index is 0.0618. The number of carbonyl (C=O) groups excluding carboxylic acids is 2. The van der Waals surface area contributed by atoms with Crippen LogP contribution in [0.5, 0.6) is 11.5 Å². The fourth-order valence-electron chi connectivity index (χ4n) is 3.37. The molecule has 1 amide bonds. The number of nitrogens with zero attached hydrogens (tertiary/aromatic N) is 2. The molecule has 1 atom stereocenters. The molecule has 2 N–H and O–H groups in total. The van der Waals surface area contributed by atoms with Gasteiger partial charge in [-0.25, -0.2) is 4.98 Å². The molecule has 2 heterocycles. The van der Waals surface area contributed by atoms with E-state index < -0.39 is 5.91 Å². The molecule has 1 unspecified atom stereocenters. The lowest BCUT2D eigenvalue weighted by atomic mass is 9.89. The van der Waals surface area contributed by atoms with Gasteiger partial charge in [0.25, 0.3) is 0 Å². The molecule has 27 heavy (non-hydrogen) atoms. The molecule has 1 fully saturated rings. The van der Waals surface area contributed by atoms with Crippen molar-refractivity contribution < 1.29 is 19.1 Å². The predicted molar refractivity (Wildman–Crippen MR) is 102 cm³/mol. The average molecular weight is 369 g/mol. The van der Waals surface area contributed by atoms with Crippen molar-refractivity contribution in [1.82, 2.24) is 4.98 Å². The fraction of sp³-hybridized carbons (Fsp3) is 0.350. The first-order valence-corrected chi connectivity index (χ1v) is 8.80. The van der Waals surface area contributed by atoms with E-state index in [1.807, 2.05) is 4.90 Å². The smallest absolute Gasteiger partial charge is 0.248 e. The number of ether oxygens (including phenoxy) is 2. The minimum Gasteiger partial charge on any atom is -0.493 e. The van der Waals surface area contributed by atoms with E-state index >= 15 is 0 Å². The van der Waals surface area contributed by atoms with Crippen LogP contribution in [0, 0.1) is 5.92 Å². The molecular weight excluding hydrogens is 346 g/mol. The molecule has 0 radical (unpaired) electrons. The molecule has 0 aliphatic carbocycles. The van der Waals surface area contributed by atoms with Crippen LogP contribution in [0.15, 0.2) is 36.5 Å². The summed E-state index contributed by atoms with van der Waals surface area (Å²) in [5, 5.41) is 0. The number of benzene rings is 1. The van der Waals surface area contributed by atoms with Crippen LogP contribution in [0.2, 0.25) is 0 Å². The van der Waals surface area contributed by atoms with Crippen LogP contribution in [0.1, 0.15) is 33.6 Å². The number of pyridine rings is 1. The van der Waals surface area contributed by atoms with Gasteiger partial charge in [0.1, 0.15) is 5.82 Å². The number of rotatable bonds is 6. The number of hydrogen-bond acceptors (Lipinski definition) is 6. The maximum atomic E-state index is 13.0. The Labute approximate surface area is 158 Å². The Morgan fingerprint density at radius 3 is 2.59 bits per heavy atom. The summed E-state index contributed by atoms with van der Waals surface area (Å²) in [6.45, 7) is 1.33. The third-order valence-corrected chi connectivity index (χ3v) is 4.81. The lowest BCUT2D eigenvalue weighted by Gasteiger charge is -2.33. The standard InChI is InChI=1S/C20H23N3O4/c1-26-16-6-5-13(10-17(16)27-2)19(24)15-4-3-9-23(12-15)18-11-14(20(21)25)7-8-22-18/h5-8,10-11,15H,3-4,9,12H2,1-2H3,(H2,21,25). The molecular formula is C20H23N3O4. The third-order valence-electron chi connectivity index (χ3n) is 4.81. The molecule has 1 aliphatic rings. The van der Waals surface area contributed by atoms with E-state index in [4.69, 9.17) is 15.2 Å². The van der Waals surface area contributed by atoms with E-state index in [1.165, 1.54) is 0 Å². The van der Waals surface area contributed by atoms with E-state index in [-0.39, 0.29) is 11.7 Å². The Bertz CT molecular complexity index is 853. The van der Waals surface area contributed by atoms with Gasteiger partial charge >= 0.3 is 0 Å². The van der Waals surface area contributed by atoms with Gasteiger partial charge in [0, 0.05) is 36.3 Å². The molecule has 7 nitrogen and oxygen atoms in total. The lowest BCUT2D eigenvalue weighted by molar-refractivity contribution is 0.0905. The van der Waals surface area contributed by atoms with Crippen LogP contribution in [0.4, 0.5) is 5.82 Å². The molecule has 1 aliphatic heterocycles. The van der Waals surface area contributed by atoms with E-state index in [0.717, 1.165) is 19.4 Å². The van der Waals surface area contributed by atoms with Crippen LogP contribution in [-0.4, -0.2) is 44.0 Å². The molecule has 1 aromatic carbocycles. The quantitative estimate of drug-likeness (QED) is 0.785. The number of hydrogen-bond donors (Lipinski definition) is 1. The summed E-state index contributed by atoms with van der Waals surface area (Å²) in [5.74, 6) is 1.20. The van der Waals surface area contributed by atoms with Gasteiger partial charge in [0.15, 0.2) is 17.3 Å². The van der Waals surface area contributed by atoms with Gasteiger partial charge in [-0.3, -0.25) is 9.59 Å². The number of ketones is 1.